The summed E-state index contributed by atoms with van der Waals surface area (Å²) in [5, 5.41) is 28.2. The van der Waals surface area contributed by atoms with Crippen LogP contribution in [-0.4, -0.2) is 26.3 Å². The summed E-state index contributed by atoms with van der Waals surface area (Å²) in [4.78, 5) is 15.3. The normalized spacial score (nSPS) is 12.2. The van der Waals surface area contributed by atoms with Crippen molar-refractivity contribution in [3.63, 3.8) is 0 Å². The first-order valence-corrected chi connectivity index (χ1v) is 8.37. The molecular formula is C19H20N2O5. The van der Waals surface area contributed by atoms with Crippen LogP contribution in [0.1, 0.15) is 37.4 Å². The van der Waals surface area contributed by atoms with Gasteiger partial charge in [-0.3, -0.25) is 10.0 Å². The summed E-state index contributed by atoms with van der Waals surface area (Å²) in [6.07, 6.45) is 1.40. The summed E-state index contributed by atoms with van der Waals surface area (Å²) in [7, 11) is 0. The number of rotatable bonds is 7. The van der Waals surface area contributed by atoms with Gasteiger partial charge in [-0.05, 0) is 42.7 Å². The highest BCUT2D eigenvalue weighted by Gasteiger charge is 2.11. The van der Waals surface area contributed by atoms with Gasteiger partial charge < -0.3 is 14.6 Å². The van der Waals surface area contributed by atoms with Crippen molar-refractivity contribution in [2.75, 3.05) is 0 Å². The van der Waals surface area contributed by atoms with E-state index in [9.17, 15) is 15.0 Å². The third kappa shape index (κ3) is 4.19. The van der Waals surface area contributed by atoms with Gasteiger partial charge in [-0.15, -0.1) is 0 Å². The van der Waals surface area contributed by atoms with E-state index in [1.54, 1.807) is 17.6 Å². The van der Waals surface area contributed by atoms with Crippen LogP contribution >= 0.6 is 0 Å². The fourth-order valence-corrected chi connectivity index (χ4v) is 2.73. The first-order chi connectivity index (χ1) is 12.6. The summed E-state index contributed by atoms with van der Waals surface area (Å²) < 4.78 is 5.66. The number of oxazole rings is 1. The second-order valence-electron chi connectivity index (χ2n) is 6.09. The topological polar surface area (TPSA) is 116 Å². The fourth-order valence-electron chi connectivity index (χ4n) is 2.73. The van der Waals surface area contributed by atoms with E-state index in [0.717, 1.165) is 11.1 Å². The van der Waals surface area contributed by atoms with Crippen molar-refractivity contribution < 1.29 is 24.6 Å². The van der Waals surface area contributed by atoms with E-state index in [0.29, 0.717) is 36.3 Å². The van der Waals surface area contributed by atoms with Crippen LogP contribution in [0, 0.1) is 0 Å². The lowest BCUT2D eigenvalue weighted by Crippen LogP contribution is -2.17. The maximum atomic E-state index is 10.9. The van der Waals surface area contributed by atoms with Gasteiger partial charge in [0.05, 0.1) is 6.10 Å². The number of benzene rings is 2. The predicted octanol–water partition coefficient (Wildman–Crippen LogP) is 3.30. The first kappa shape index (κ1) is 17.9. The Morgan fingerprint density at radius 3 is 2.65 bits per heavy atom. The van der Waals surface area contributed by atoms with Crippen LogP contribution in [0.25, 0.3) is 22.6 Å². The van der Waals surface area contributed by atoms with Crippen molar-refractivity contribution in [3.05, 3.63) is 48.0 Å². The zero-order valence-corrected chi connectivity index (χ0v) is 14.1. The molecule has 4 N–H and O–H groups in total. The van der Waals surface area contributed by atoms with E-state index < -0.39 is 12.0 Å². The second-order valence-corrected chi connectivity index (χ2v) is 6.09. The Bertz CT molecular complexity index is 889. The van der Waals surface area contributed by atoms with Crippen LogP contribution in [0.5, 0.6) is 5.75 Å². The number of aromatic hydroxyl groups is 1. The molecule has 1 aromatic heterocycles. The Balaban J connectivity index is 1.62. The van der Waals surface area contributed by atoms with Crippen LogP contribution in [0.3, 0.4) is 0 Å². The van der Waals surface area contributed by atoms with Gasteiger partial charge in [0.1, 0.15) is 11.3 Å². The van der Waals surface area contributed by atoms with Gasteiger partial charge in [-0.1, -0.05) is 18.6 Å². The molecule has 1 amide bonds. The van der Waals surface area contributed by atoms with E-state index in [1.165, 1.54) is 6.07 Å². The van der Waals surface area contributed by atoms with Crippen molar-refractivity contribution in [1.29, 1.82) is 0 Å². The summed E-state index contributed by atoms with van der Waals surface area (Å²) in [6.45, 7) is 0. The standard InChI is InChI=1S/C19H20N2O5/c22-14-9-10-15-17(11-14)26-19(20-15)13-7-5-12(6-8-13)16(23)3-1-2-4-18(24)21-25/h5-11,16,22-23,25H,1-4H2,(H,21,24)/t16-/m1/s1. The summed E-state index contributed by atoms with van der Waals surface area (Å²) in [5.41, 5.74) is 4.31. The molecule has 0 aliphatic rings. The molecule has 1 atom stereocenters. The number of carbonyl (C=O) groups excluding carboxylic acids is 1. The number of phenolic OH excluding ortho intramolecular Hbond substituents is 1. The Morgan fingerprint density at radius 1 is 1.15 bits per heavy atom. The van der Waals surface area contributed by atoms with E-state index in [-0.39, 0.29) is 12.2 Å². The fraction of sp³-hybridized carbons (Fsp3) is 0.263. The number of carbonyl (C=O) groups is 1. The van der Waals surface area contributed by atoms with Crippen molar-refractivity contribution in [2.45, 2.75) is 31.8 Å². The Kier molecular flexibility index (Phi) is 5.50. The third-order valence-electron chi connectivity index (χ3n) is 4.17. The number of hydrogen-bond donors (Lipinski definition) is 4. The number of nitrogens with one attached hydrogen (secondary N) is 1. The number of nitrogens with zero attached hydrogens (tertiary/aromatic N) is 1. The van der Waals surface area contributed by atoms with Crippen molar-refractivity contribution in [3.8, 4) is 17.2 Å². The molecule has 2 aromatic carbocycles. The molecule has 1 heterocycles. The molecule has 0 bridgehead atoms. The lowest BCUT2D eigenvalue weighted by molar-refractivity contribution is -0.129. The molecule has 7 heteroatoms. The van der Waals surface area contributed by atoms with Gasteiger partial charge in [0.15, 0.2) is 5.58 Å². The maximum absolute atomic E-state index is 10.9. The molecule has 0 saturated carbocycles. The first-order valence-electron chi connectivity index (χ1n) is 8.37. The van der Waals surface area contributed by atoms with Crippen LogP contribution in [-0.2, 0) is 4.79 Å². The van der Waals surface area contributed by atoms with Crippen LogP contribution in [0.15, 0.2) is 46.9 Å². The smallest absolute Gasteiger partial charge is 0.243 e. The highest BCUT2D eigenvalue weighted by Crippen LogP contribution is 2.28. The number of aromatic nitrogens is 1. The molecule has 0 radical (unpaired) electrons. The Labute approximate surface area is 149 Å². The molecule has 0 unspecified atom stereocenters. The third-order valence-corrected chi connectivity index (χ3v) is 4.17. The quantitative estimate of drug-likeness (QED) is 0.293. The molecule has 0 saturated heterocycles. The number of fused-ring (bicyclic) bond motifs is 1. The highest BCUT2D eigenvalue weighted by atomic mass is 16.5. The Hall–Kier alpha value is -2.90. The van der Waals surface area contributed by atoms with Gasteiger partial charge in [0.25, 0.3) is 0 Å². The maximum Gasteiger partial charge on any atom is 0.243 e. The van der Waals surface area contributed by atoms with Crippen molar-refractivity contribution in [2.24, 2.45) is 0 Å². The lowest BCUT2D eigenvalue weighted by atomic mass is 10.0. The molecule has 3 rings (SSSR count). The monoisotopic (exact) mass is 356 g/mol. The zero-order valence-electron chi connectivity index (χ0n) is 14.1. The van der Waals surface area contributed by atoms with E-state index >= 15 is 0 Å². The number of unbranched alkanes of at least 4 members (excludes halogenated alkanes) is 1. The van der Waals surface area contributed by atoms with Crippen LogP contribution in [0.4, 0.5) is 0 Å². The molecule has 7 nitrogen and oxygen atoms in total. The largest absolute Gasteiger partial charge is 0.508 e. The summed E-state index contributed by atoms with van der Waals surface area (Å²) in [6, 6.07) is 12.0. The Morgan fingerprint density at radius 2 is 1.92 bits per heavy atom. The van der Waals surface area contributed by atoms with Gasteiger partial charge in [-0.25, -0.2) is 10.5 Å². The summed E-state index contributed by atoms with van der Waals surface area (Å²) >= 11 is 0. The van der Waals surface area contributed by atoms with Crippen LogP contribution in [0.2, 0.25) is 0 Å². The second kappa shape index (κ2) is 7.99. The van der Waals surface area contributed by atoms with Crippen molar-refractivity contribution >= 4 is 17.0 Å². The minimum atomic E-state index is -0.623. The van der Waals surface area contributed by atoms with Gasteiger partial charge >= 0.3 is 0 Å². The number of hydroxylamine groups is 1. The number of phenols is 1. The minimum Gasteiger partial charge on any atom is -0.508 e. The molecule has 3 aromatic rings. The average molecular weight is 356 g/mol. The molecular weight excluding hydrogens is 336 g/mol. The van der Waals surface area contributed by atoms with Gasteiger partial charge in [-0.2, -0.15) is 0 Å². The number of aliphatic hydroxyl groups is 1. The molecule has 0 aliphatic heterocycles. The molecule has 136 valence electrons. The van der Waals surface area contributed by atoms with E-state index in [2.05, 4.69) is 4.98 Å². The molecule has 0 spiro atoms. The predicted molar refractivity (Wildman–Crippen MR) is 94.5 cm³/mol. The highest BCUT2D eigenvalue weighted by molar-refractivity contribution is 5.77. The minimum absolute atomic E-state index is 0.121. The van der Waals surface area contributed by atoms with Gasteiger partial charge in [0, 0.05) is 18.1 Å². The SMILES string of the molecule is O=C(CCCC[C@@H](O)c1ccc(-c2nc3ccc(O)cc3o2)cc1)NO. The molecule has 0 fully saturated rings. The lowest BCUT2D eigenvalue weighted by Gasteiger charge is -2.11. The number of hydrogen-bond acceptors (Lipinski definition) is 6. The van der Waals surface area contributed by atoms with Crippen LogP contribution < -0.4 is 5.48 Å². The average Bonchev–Trinajstić information content (AvgIpc) is 3.08. The van der Waals surface area contributed by atoms with E-state index in [1.807, 2.05) is 24.3 Å². The molecule has 26 heavy (non-hydrogen) atoms. The molecule has 0 aliphatic carbocycles. The van der Waals surface area contributed by atoms with Gasteiger partial charge in [0.2, 0.25) is 11.8 Å². The van der Waals surface area contributed by atoms with E-state index in [4.69, 9.17) is 9.62 Å². The summed E-state index contributed by atoms with van der Waals surface area (Å²) in [5.74, 6) is 0.146. The number of amides is 1. The number of aliphatic hydroxyl groups excluding tert-OH is 1. The van der Waals surface area contributed by atoms with Crippen molar-refractivity contribution in [1.82, 2.24) is 10.5 Å². The zero-order chi connectivity index (χ0) is 18.5.